The van der Waals surface area contributed by atoms with Crippen LogP contribution >= 0.6 is 0 Å². The minimum atomic E-state index is -0.698. The standard InChI is InChI=1S/C16H23NO2/c1-16(2,3)8-11-5-4-6-12(7-11)13-9-17-10-14(13)15(18)19/h4-7,13-14,17H,8-10H2,1-3H3,(H,18,19). The molecule has 1 fully saturated rings. The van der Waals surface area contributed by atoms with E-state index in [0.717, 1.165) is 18.5 Å². The number of carbonyl (C=O) groups is 1. The first-order valence-electron chi connectivity index (χ1n) is 6.89. The monoisotopic (exact) mass is 261 g/mol. The summed E-state index contributed by atoms with van der Waals surface area (Å²) < 4.78 is 0. The van der Waals surface area contributed by atoms with Gasteiger partial charge in [-0.3, -0.25) is 4.79 Å². The highest BCUT2D eigenvalue weighted by Crippen LogP contribution is 2.30. The van der Waals surface area contributed by atoms with Gasteiger partial charge in [-0.25, -0.2) is 0 Å². The summed E-state index contributed by atoms with van der Waals surface area (Å²) in [5.74, 6) is -0.904. The van der Waals surface area contributed by atoms with Crippen LogP contribution < -0.4 is 5.32 Å². The van der Waals surface area contributed by atoms with E-state index in [1.807, 2.05) is 6.07 Å². The van der Waals surface area contributed by atoms with Gasteiger partial charge < -0.3 is 10.4 Å². The Bertz CT molecular complexity index is 462. The smallest absolute Gasteiger partial charge is 0.308 e. The topological polar surface area (TPSA) is 49.3 Å². The molecule has 0 saturated carbocycles. The molecule has 1 heterocycles. The molecule has 104 valence electrons. The average molecular weight is 261 g/mol. The number of carboxylic acids is 1. The molecule has 0 aromatic heterocycles. The summed E-state index contributed by atoms with van der Waals surface area (Å²) in [5.41, 5.74) is 2.69. The van der Waals surface area contributed by atoms with Crippen molar-refractivity contribution < 1.29 is 9.90 Å². The van der Waals surface area contributed by atoms with Crippen LogP contribution in [0, 0.1) is 11.3 Å². The molecular weight excluding hydrogens is 238 g/mol. The second-order valence-electron chi connectivity index (χ2n) is 6.69. The van der Waals surface area contributed by atoms with Crippen molar-refractivity contribution in [2.24, 2.45) is 11.3 Å². The Hall–Kier alpha value is -1.35. The van der Waals surface area contributed by atoms with Crippen LogP contribution in [0.5, 0.6) is 0 Å². The van der Waals surface area contributed by atoms with Crippen molar-refractivity contribution in [2.45, 2.75) is 33.1 Å². The molecule has 3 heteroatoms. The van der Waals surface area contributed by atoms with Crippen LogP contribution in [-0.2, 0) is 11.2 Å². The van der Waals surface area contributed by atoms with Gasteiger partial charge in [0.1, 0.15) is 0 Å². The molecule has 1 aliphatic heterocycles. The Labute approximate surface area is 115 Å². The fourth-order valence-electron chi connectivity index (χ4n) is 2.83. The normalized spacial score (nSPS) is 23.5. The molecule has 0 amide bonds. The van der Waals surface area contributed by atoms with Crippen LogP contribution in [-0.4, -0.2) is 24.2 Å². The van der Waals surface area contributed by atoms with Gasteiger partial charge in [0, 0.05) is 19.0 Å². The first-order valence-corrected chi connectivity index (χ1v) is 6.89. The summed E-state index contributed by atoms with van der Waals surface area (Å²) in [6.07, 6.45) is 1.01. The molecule has 19 heavy (non-hydrogen) atoms. The number of hydrogen-bond acceptors (Lipinski definition) is 2. The van der Waals surface area contributed by atoms with Crippen molar-refractivity contribution in [3.8, 4) is 0 Å². The highest BCUT2D eigenvalue weighted by atomic mass is 16.4. The quantitative estimate of drug-likeness (QED) is 0.879. The van der Waals surface area contributed by atoms with Gasteiger partial charge in [-0.15, -0.1) is 0 Å². The number of nitrogens with one attached hydrogen (secondary N) is 1. The first-order chi connectivity index (χ1) is 8.87. The van der Waals surface area contributed by atoms with Crippen LogP contribution in [0.15, 0.2) is 24.3 Å². The van der Waals surface area contributed by atoms with Gasteiger partial charge in [0.2, 0.25) is 0 Å². The predicted molar refractivity (Wildman–Crippen MR) is 76.3 cm³/mol. The Kier molecular flexibility index (Phi) is 3.95. The molecule has 0 radical (unpaired) electrons. The molecule has 2 N–H and O–H groups in total. The lowest BCUT2D eigenvalue weighted by molar-refractivity contribution is -0.141. The predicted octanol–water partition coefficient (Wildman–Crippen LogP) is 2.66. The Morgan fingerprint density at radius 3 is 2.74 bits per heavy atom. The van der Waals surface area contributed by atoms with Gasteiger partial charge in [0.15, 0.2) is 0 Å². The molecule has 1 aromatic rings. The number of carboxylic acid groups (broad SMARTS) is 1. The molecule has 2 atom stereocenters. The fourth-order valence-corrected chi connectivity index (χ4v) is 2.83. The van der Waals surface area contributed by atoms with Gasteiger partial charge in [-0.2, -0.15) is 0 Å². The molecule has 0 aliphatic carbocycles. The van der Waals surface area contributed by atoms with Crippen molar-refractivity contribution in [1.29, 1.82) is 0 Å². The highest BCUT2D eigenvalue weighted by Gasteiger charge is 2.33. The third-order valence-electron chi connectivity index (χ3n) is 3.65. The summed E-state index contributed by atoms with van der Waals surface area (Å²) in [6.45, 7) is 7.99. The largest absolute Gasteiger partial charge is 0.481 e. The number of benzene rings is 1. The van der Waals surface area contributed by atoms with Gasteiger partial charge >= 0.3 is 5.97 Å². The summed E-state index contributed by atoms with van der Waals surface area (Å²) in [7, 11) is 0. The van der Waals surface area contributed by atoms with E-state index >= 15 is 0 Å². The second-order valence-corrected chi connectivity index (χ2v) is 6.69. The zero-order valence-electron chi connectivity index (χ0n) is 11.9. The molecule has 3 nitrogen and oxygen atoms in total. The van der Waals surface area contributed by atoms with Crippen LogP contribution in [0.3, 0.4) is 0 Å². The van der Waals surface area contributed by atoms with Crippen molar-refractivity contribution >= 4 is 5.97 Å². The molecule has 2 unspecified atom stereocenters. The summed E-state index contributed by atoms with van der Waals surface area (Å²) in [6, 6.07) is 8.42. The molecule has 2 rings (SSSR count). The maximum absolute atomic E-state index is 11.3. The third-order valence-corrected chi connectivity index (χ3v) is 3.65. The van der Waals surface area contributed by atoms with Gasteiger partial charge in [-0.1, -0.05) is 45.0 Å². The third kappa shape index (κ3) is 3.57. The van der Waals surface area contributed by atoms with Gasteiger partial charge in [0.05, 0.1) is 5.92 Å². The molecule has 1 saturated heterocycles. The van der Waals surface area contributed by atoms with E-state index in [9.17, 15) is 9.90 Å². The van der Waals surface area contributed by atoms with Crippen molar-refractivity contribution in [3.63, 3.8) is 0 Å². The summed E-state index contributed by atoms with van der Waals surface area (Å²) in [4.78, 5) is 11.3. The Morgan fingerprint density at radius 2 is 2.11 bits per heavy atom. The van der Waals surface area contributed by atoms with Crippen molar-refractivity contribution in [2.75, 3.05) is 13.1 Å². The Morgan fingerprint density at radius 1 is 1.37 bits per heavy atom. The zero-order chi connectivity index (χ0) is 14.0. The number of hydrogen-bond donors (Lipinski definition) is 2. The van der Waals surface area contributed by atoms with Crippen LogP contribution in [0.1, 0.15) is 37.8 Å². The lowest BCUT2D eigenvalue weighted by Gasteiger charge is -2.20. The minimum Gasteiger partial charge on any atom is -0.481 e. The van der Waals surface area contributed by atoms with Gasteiger partial charge in [-0.05, 0) is 23.0 Å². The molecule has 1 aliphatic rings. The maximum Gasteiger partial charge on any atom is 0.308 e. The molecule has 1 aromatic carbocycles. The lowest BCUT2D eigenvalue weighted by Crippen LogP contribution is -2.21. The van der Waals surface area contributed by atoms with Crippen LogP contribution in [0.2, 0.25) is 0 Å². The van der Waals surface area contributed by atoms with E-state index in [-0.39, 0.29) is 17.3 Å². The van der Waals surface area contributed by atoms with Crippen molar-refractivity contribution in [1.82, 2.24) is 5.32 Å². The van der Waals surface area contributed by atoms with E-state index in [0.29, 0.717) is 6.54 Å². The SMILES string of the molecule is CC(C)(C)Cc1cccc(C2CNCC2C(=O)O)c1. The van der Waals surface area contributed by atoms with Gasteiger partial charge in [0.25, 0.3) is 0 Å². The number of rotatable bonds is 3. The second kappa shape index (κ2) is 5.33. The highest BCUT2D eigenvalue weighted by molar-refractivity contribution is 5.72. The van der Waals surface area contributed by atoms with E-state index in [4.69, 9.17) is 0 Å². The van der Waals surface area contributed by atoms with E-state index in [1.54, 1.807) is 0 Å². The van der Waals surface area contributed by atoms with Crippen LogP contribution in [0.4, 0.5) is 0 Å². The van der Waals surface area contributed by atoms with E-state index < -0.39 is 5.97 Å². The fraction of sp³-hybridized carbons (Fsp3) is 0.562. The minimum absolute atomic E-state index is 0.0948. The molecule has 0 spiro atoms. The molecular formula is C16H23NO2. The number of aliphatic carboxylic acids is 1. The zero-order valence-corrected chi connectivity index (χ0v) is 11.9. The van der Waals surface area contributed by atoms with E-state index in [1.165, 1.54) is 5.56 Å². The van der Waals surface area contributed by atoms with Crippen molar-refractivity contribution in [3.05, 3.63) is 35.4 Å². The first kappa shape index (κ1) is 14.1. The maximum atomic E-state index is 11.3. The summed E-state index contributed by atoms with van der Waals surface area (Å²) >= 11 is 0. The molecule has 0 bridgehead atoms. The lowest BCUT2D eigenvalue weighted by atomic mass is 9.84. The summed E-state index contributed by atoms with van der Waals surface area (Å²) in [5, 5.41) is 12.4. The Balaban J connectivity index is 2.21. The van der Waals surface area contributed by atoms with Crippen LogP contribution in [0.25, 0.3) is 0 Å². The van der Waals surface area contributed by atoms with E-state index in [2.05, 4.69) is 44.3 Å². The average Bonchev–Trinajstić information content (AvgIpc) is 2.75.